The van der Waals surface area contributed by atoms with Gasteiger partial charge in [-0.3, -0.25) is 5.32 Å². The molecule has 1 atom stereocenters. The monoisotopic (exact) mass is 273 g/mol. The quantitative estimate of drug-likeness (QED) is 0.636. The second-order valence-electron chi connectivity index (χ2n) is 4.23. The van der Waals surface area contributed by atoms with E-state index in [1.807, 2.05) is 6.92 Å². The molecule has 19 heavy (non-hydrogen) atoms. The first kappa shape index (κ1) is 15.5. The average Bonchev–Trinajstić information content (AvgIpc) is 2.32. The van der Waals surface area contributed by atoms with Gasteiger partial charge in [0.15, 0.2) is 0 Å². The van der Waals surface area contributed by atoms with Crippen LogP contribution in [0, 0.1) is 18.2 Å². The van der Waals surface area contributed by atoms with E-state index in [1.54, 1.807) is 0 Å². The number of nitrogens with one attached hydrogen (secondary N) is 1. The topological polar surface area (TPSA) is 12.0 Å². The summed E-state index contributed by atoms with van der Waals surface area (Å²) in [6, 6.07) is 2.26. The summed E-state index contributed by atoms with van der Waals surface area (Å²) in [5.41, 5.74) is -0.763. The van der Waals surface area contributed by atoms with Crippen molar-refractivity contribution in [1.82, 2.24) is 5.32 Å². The zero-order valence-corrected chi connectivity index (χ0v) is 10.5. The van der Waals surface area contributed by atoms with Crippen LogP contribution in [0.4, 0.5) is 17.6 Å². The highest BCUT2D eigenvalue weighted by molar-refractivity contribution is 5.27. The molecule has 0 aliphatic heterocycles. The van der Waals surface area contributed by atoms with Crippen LogP contribution >= 0.6 is 0 Å². The molecule has 104 valence electrons. The summed E-state index contributed by atoms with van der Waals surface area (Å²) in [5.74, 6) is 1.60. The first-order valence-electron chi connectivity index (χ1n) is 5.93. The minimum Gasteiger partial charge on any atom is -0.300 e. The van der Waals surface area contributed by atoms with E-state index in [0.717, 1.165) is 25.0 Å². The minimum absolute atomic E-state index is 0.107. The highest BCUT2D eigenvalue weighted by Crippen LogP contribution is 2.30. The van der Waals surface area contributed by atoms with Gasteiger partial charge in [-0.25, -0.2) is 4.39 Å². The van der Waals surface area contributed by atoms with Gasteiger partial charge < -0.3 is 0 Å². The Bertz CT molecular complexity index is 459. The fourth-order valence-electron chi connectivity index (χ4n) is 1.69. The summed E-state index contributed by atoms with van der Waals surface area (Å²) >= 11 is 0. The van der Waals surface area contributed by atoms with E-state index in [0.29, 0.717) is 6.07 Å². The van der Waals surface area contributed by atoms with Crippen LogP contribution in [0.15, 0.2) is 18.2 Å². The van der Waals surface area contributed by atoms with Crippen molar-refractivity contribution in [2.24, 2.45) is 0 Å². The van der Waals surface area contributed by atoms with E-state index >= 15 is 0 Å². The highest BCUT2D eigenvalue weighted by Gasteiger charge is 2.31. The normalized spacial score (nSPS) is 13.1. The molecule has 0 amide bonds. The molecule has 0 radical (unpaired) electrons. The second kappa shape index (κ2) is 6.58. The summed E-state index contributed by atoms with van der Waals surface area (Å²) in [6.45, 7) is 2.06. The molecule has 0 aliphatic carbocycles. The lowest BCUT2D eigenvalue weighted by Crippen LogP contribution is -2.27. The predicted molar refractivity (Wildman–Crippen MR) is 65.8 cm³/mol. The number of hydrogen-bond donors (Lipinski definition) is 1. The molecule has 1 unspecified atom stereocenters. The number of hydrogen-bond acceptors (Lipinski definition) is 1. The van der Waals surface area contributed by atoms with Gasteiger partial charge in [-0.2, -0.15) is 13.2 Å². The van der Waals surface area contributed by atoms with Crippen molar-refractivity contribution < 1.29 is 17.6 Å². The predicted octanol–water partition coefficient (Wildman–Crippen LogP) is 3.74. The van der Waals surface area contributed by atoms with Gasteiger partial charge in [-0.15, -0.1) is 6.42 Å². The molecule has 1 N–H and O–H groups in total. The van der Waals surface area contributed by atoms with E-state index in [9.17, 15) is 17.6 Å². The molecule has 0 aliphatic rings. The number of alkyl halides is 3. The lowest BCUT2D eigenvalue weighted by atomic mass is 10.1. The first-order valence-corrected chi connectivity index (χ1v) is 5.93. The van der Waals surface area contributed by atoms with Crippen molar-refractivity contribution in [1.29, 1.82) is 0 Å². The fraction of sp³-hybridized carbons (Fsp3) is 0.429. The van der Waals surface area contributed by atoms with Crippen molar-refractivity contribution in [3.63, 3.8) is 0 Å². The SMILES string of the molecule is C#CC(CCC)NCc1cc(F)cc(C(F)(F)F)c1. The van der Waals surface area contributed by atoms with Crippen LogP contribution in [0.25, 0.3) is 0 Å². The molecule has 1 aromatic rings. The molecule has 1 nitrogen and oxygen atoms in total. The number of terminal acetylenes is 1. The maximum Gasteiger partial charge on any atom is 0.416 e. The Labute approximate surface area is 110 Å². The molecule has 1 aromatic carbocycles. The Morgan fingerprint density at radius 1 is 1.32 bits per heavy atom. The van der Waals surface area contributed by atoms with Gasteiger partial charge in [-0.05, 0) is 30.2 Å². The maximum atomic E-state index is 13.1. The molecule has 0 saturated carbocycles. The summed E-state index contributed by atoms with van der Waals surface area (Å²) < 4.78 is 50.7. The van der Waals surface area contributed by atoms with Crippen LogP contribution < -0.4 is 5.32 Å². The number of benzene rings is 1. The standard InChI is InChI=1S/C14H15F4N/c1-3-5-13(4-2)19-9-10-6-11(14(16,17)18)8-12(15)7-10/h2,6-8,13,19H,3,5,9H2,1H3. The fourth-order valence-corrected chi connectivity index (χ4v) is 1.69. The van der Waals surface area contributed by atoms with Crippen LogP contribution in [0.1, 0.15) is 30.9 Å². The van der Waals surface area contributed by atoms with Crippen LogP contribution in [0.2, 0.25) is 0 Å². The third-order valence-electron chi connectivity index (χ3n) is 2.62. The third kappa shape index (κ3) is 4.92. The van der Waals surface area contributed by atoms with E-state index in [4.69, 9.17) is 6.42 Å². The van der Waals surface area contributed by atoms with E-state index in [-0.39, 0.29) is 18.2 Å². The van der Waals surface area contributed by atoms with Crippen molar-refractivity contribution in [2.75, 3.05) is 0 Å². The van der Waals surface area contributed by atoms with Crippen molar-refractivity contribution >= 4 is 0 Å². The minimum atomic E-state index is -4.55. The highest BCUT2D eigenvalue weighted by atomic mass is 19.4. The summed E-state index contributed by atoms with van der Waals surface area (Å²) in [6.07, 6.45) is 2.32. The van der Waals surface area contributed by atoms with Gasteiger partial charge in [0.2, 0.25) is 0 Å². The largest absolute Gasteiger partial charge is 0.416 e. The van der Waals surface area contributed by atoms with E-state index in [2.05, 4.69) is 11.2 Å². The van der Waals surface area contributed by atoms with Gasteiger partial charge in [-0.1, -0.05) is 19.3 Å². The Morgan fingerprint density at radius 3 is 2.53 bits per heavy atom. The number of rotatable bonds is 5. The maximum absolute atomic E-state index is 13.1. The van der Waals surface area contributed by atoms with Gasteiger partial charge in [0.05, 0.1) is 11.6 Å². The Kier molecular flexibility index (Phi) is 5.37. The molecule has 5 heteroatoms. The smallest absolute Gasteiger partial charge is 0.300 e. The zero-order valence-electron chi connectivity index (χ0n) is 10.5. The average molecular weight is 273 g/mol. The Balaban J connectivity index is 2.79. The van der Waals surface area contributed by atoms with Gasteiger partial charge in [0, 0.05) is 6.54 Å². The van der Waals surface area contributed by atoms with E-state index in [1.165, 1.54) is 0 Å². The molecular formula is C14H15F4N. The van der Waals surface area contributed by atoms with Gasteiger partial charge in [0.1, 0.15) is 5.82 Å². The summed E-state index contributed by atoms with van der Waals surface area (Å²) in [4.78, 5) is 0. The number of halogens is 4. The zero-order chi connectivity index (χ0) is 14.5. The van der Waals surface area contributed by atoms with Crippen molar-refractivity contribution in [3.05, 3.63) is 35.1 Å². The van der Waals surface area contributed by atoms with E-state index < -0.39 is 17.6 Å². The molecule has 0 saturated heterocycles. The molecular weight excluding hydrogens is 258 g/mol. The lowest BCUT2D eigenvalue weighted by molar-refractivity contribution is -0.137. The lowest BCUT2D eigenvalue weighted by Gasteiger charge is -2.13. The van der Waals surface area contributed by atoms with Crippen molar-refractivity contribution in [3.8, 4) is 12.3 Å². The van der Waals surface area contributed by atoms with Gasteiger partial charge >= 0.3 is 6.18 Å². The summed E-state index contributed by atoms with van der Waals surface area (Å²) in [7, 11) is 0. The molecule has 0 spiro atoms. The summed E-state index contributed by atoms with van der Waals surface area (Å²) in [5, 5.41) is 2.92. The molecule has 0 bridgehead atoms. The van der Waals surface area contributed by atoms with Crippen LogP contribution in [0.5, 0.6) is 0 Å². The second-order valence-corrected chi connectivity index (χ2v) is 4.23. The third-order valence-corrected chi connectivity index (χ3v) is 2.62. The molecule has 0 fully saturated rings. The van der Waals surface area contributed by atoms with Crippen LogP contribution in [-0.2, 0) is 12.7 Å². The van der Waals surface area contributed by atoms with Gasteiger partial charge in [0.25, 0.3) is 0 Å². The first-order chi connectivity index (χ1) is 8.86. The Hall–Kier alpha value is -1.54. The Morgan fingerprint density at radius 2 is 2.00 bits per heavy atom. The van der Waals surface area contributed by atoms with Crippen LogP contribution in [0.3, 0.4) is 0 Å². The molecule has 0 heterocycles. The van der Waals surface area contributed by atoms with Crippen LogP contribution in [-0.4, -0.2) is 6.04 Å². The molecule has 1 rings (SSSR count). The van der Waals surface area contributed by atoms with Crippen molar-refractivity contribution in [2.45, 2.75) is 38.5 Å². The molecule has 0 aromatic heterocycles.